The summed E-state index contributed by atoms with van der Waals surface area (Å²) < 4.78 is 0. The van der Waals surface area contributed by atoms with Gasteiger partial charge in [0.1, 0.15) is 0 Å². The van der Waals surface area contributed by atoms with Crippen LogP contribution >= 0.6 is 0 Å². The molecule has 2 unspecified atom stereocenters. The number of benzene rings is 1. The van der Waals surface area contributed by atoms with E-state index in [-0.39, 0.29) is 18.0 Å². The van der Waals surface area contributed by atoms with Gasteiger partial charge in [0.05, 0.1) is 6.04 Å². The largest absolute Gasteiger partial charge is 0.361 e. The highest BCUT2D eigenvalue weighted by Crippen LogP contribution is 2.21. The molecular formula is C18H25N3O. The maximum atomic E-state index is 12.5. The number of hydrogen-bond donors (Lipinski definition) is 2. The second-order valence-corrected chi connectivity index (χ2v) is 6.38. The van der Waals surface area contributed by atoms with Crippen molar-refractivity contribution >= 4 is 16.8 Å². The number of rotatable bonds is 3. The van der Waals surface area contributed by atoms with Gasteiger partial charge >= 0.3 is 0 Å². The molecule has 0 saturated carbocycles. The molecule has 1 aromatic heterocycles. The number of nitrogens with one attached hydrogen (secondary N) is 1. The molecule has 1 amide bonds. The van der Waals surface area contributed by atoms with E-state index < -0.39 is 0 Å². The Labute approximate surface area is 131 Å². The predicted octanol–water partition coefficient (Wildman–Crippen LogP) is 2.83. The van der Waals surface area contributed by atoms with E-state index in [2.05, 4.69) is 36.3 Å². The Morgan fingerprint density at radius 2 is 2.05 bits per heavy atom. The normalized spacial score (nSPS) is 23.5. The van der Waals surface area contributed by atoms with E-state index in [0.29, 0.717) is 0 Å². The Morgan fingerprint density at radius 1 is 1.27 bits per heavy atom. The van der Waals surface area contributed by atoms with Crippen LogP contribution in [0.4, 0.5) is 0 Å². The van der Waals surface area contributed by atoms with Crippen LogP contribution in [0.25, 0.3) is 10.9 Å². The number of aromatic amines is 1. The molecule has 3 N–H and O–H groups in total. The molecule has 1 saturated heterocycles. The molecule has 1 aliphatic rings. The Hall–Kier alpha value is -1.81. The Bertz CT molecular complexity index is 649. The molecule has 3 rings (SSSR count). The quantitative estimate of drug-likeness (QED) is 0.915. The lowest BCUT2D eigenvalue weighted by Crippen LogP contribution is -2.49. The summed E-state index contributed by atoms with van der Waals surface area (Å²) in [6.45, 7) is 2.89. The highest BCUT2D eigenvalue weighted by Gasteiger charge is 2.26. The van der Waals surface area contributed by atoms with Crippen molar-refractivity contribution in [1.29, 1.82) is 0 Å². The molecule has 4 nitrogen and oxygen atoms in total. The van der Waals surface area contributed by atoms with E-state index in [1.165, 1.54) is 10.9 Å². The van der Waals surface area contributed by atoms with Crippen LogP contribution in [-0.2, 0) is 11.2 Å². The number of aromatic nitrogens is 1. The van der Waals surface area contributed by atoms with Crippen LogP contribution < -0.4 is 5.73 Å². The fourth-order valence-electron chi connectivity index (χ4n) is 3.42. The van der Waals surface area contributed by atoms with Crippen molar-refractivity contribution in [2.75, 3.05) is 6.54 Å². The smallest absolute Gasteiger partial charge is 0.239 e. The third-order valence-corrected chi connectivity index (χ3v) is 4.82. The molecular weight excluding hydrogens is 274 g/mol. The van der Waals surface area contributed by atoms with Crippen molar-refractivity contribution in [1.82, 2.24) is 9.88 Å². The van der Waals surface area contributed by atoms with Crippen molar-refractivity contribution in [3.8, 4) is 0 Å². The van der Waals surface area contributed by atoms with Crippen LogP contribution in [0.3, 0.4) is 0 Å². The molecule has 1 aromatic carbocycles. The molecule has 4 heteroatoms. The van der Waals surface area contributed by atoms with E-state index in [0.717, 1.165) is 44.2 Å². The third-order valence-electron chi connectivity index (χ3n) is 4.82. The van der Waals surface area contributed by atoms with Gasteiger partial charge in [0.25, 0.3) is 0 Å². The molecule has 22 heavy (non-hydrogen) atoms. The SMILES string of the molecule is CC1CCCCC(N)C(=O)N1CCc1c[nH]c2ccccc12. The first-order valence-electron chi connectivity index (χ1n) is 8.28. The lowest BCUT2D eigenvalue weighted by molar-refractivity contribution is -0.135. The average molecular weight is 299 g/mol. The summed E-state index contributed by atoms with van der Waals surface area (Å²) in [7, 11) is 0. The van der Waals surface area contributed by atoms with Crippen molar-refractivity contribution in [3.05, 3.63) is 36.0 Å². The molecule has 1 aliphatic heterocycles. The zero-order valence-electron chi connectivity index (χ0n) is 13.2. The van der Waals surface area contributed by atoms with E-state index in [4.69, 9.17) is 5.73 Å². The summed E-state index contributed by atoms with van der Waals surface area (Å²) >= 11 is 0. The lowest BCUT2D eigenvalue weighted by Gasteiger charge is -2.33. The summed E-state index contributed by atoms with van der Waals surface area (Å²) in [5, 5.41) is 1.25. The van der Waals surface area contributed by atoms with Gasteiger partial charge in [-0.2, -0.15) is 0 Å². The molecule has 118 valence electrons. The predicted molar refractivity (Wildman–Crippen MR) is 89.6 cm³/mol. The summed E-state index contributed by atoms with van der Waals surface area (Å²) in [6.07, 6.45) is 7.04. The van der Waals surface area contributed by atoms with Gasteiger partial charge < -0.3 is 15.6 Å². The molecule has 2 atom stereocenters. The maximum Gasteiger partial charge on any atom is 0.239 e. The summed E-state index contributed by atoms with van der Waals surface area (Å²) in [5.41, 5.74) is 8.47. The van der Waals surface area contributed by atoms with Gasteiger partial charge in [-0.25, -0.2) is 0 Å². The molecule has 2 heterocycles. The second-order valence-electron chi connectivity index (χ2n) is 6.38. The second kappa shape index (κ2) is 6.53. The minimum absolute atomic E-state index is 0.118. The van der Waals surface area contributed by atoms with Crippen molar-refractivity contribution < 1.29 is 4.79 Å². The topological polar surface area (TPSA) is 62.1 Å². The zero-order chi connectivity index (χ0) is 15.5. The maximum absolute atomic E-state index is 12.5. The molecule has 0 bridgehead atoms. The number of fused-ring (bicyclic) bond motifs is 1. The first-order valence-corrected chi connectivity index (χ1v) is 8.28. The van der Waals surface area contributed by atoms with Crippen LogP contribution in [0.1, 0.15) is 38.2 Å². The number of para-hydroxylation sites is 1. The Morgan fingerprint density at radius 3 is 2.91 bits per heavy atom. The monoisotopic (exact) mass is 299 g/mol. The van der Waals surface area contributed by atoms with Crippen LogP contribution in [0.2, 0.25) is 0 Å². The molecule has 1 fully saturated rings. The van der Waals surface area contributed by atoms with Crippen LogP contribution in [0.15, 0.2) is 30.5 Å². The number of H-pyrrole nitrogens is 1. The van der Waals surface area contributed by atoms with Crippen LogP contribution in [-0.4, -0.2) is 34.4 Å². The van der Waals surface area contributed by atoms with Gasteiger partial charge in [-0.15, -0.1) is 0 Å². The number of hydrogen-bond acceptors (Lipinski definition) is 2. The minimum atomic E-state index is -0.328. The Kier molecular flexibility index (Phi) is 4.48. The minimum Gasteiger partial charge on any atom is -0.361 e. The first kappa shape index (κ1) is 15.1. The number of nitrogens with two attached hydrogens (primary N) is 1. The van der Waals surface area contributed by atoms with Gasteiger partial charge in [-0.1, -0.05) is 31.0 Å². The van der Waals surface area contributed by atoms with Gasteiger partial charge in [0.15, 0.2) is 0 Å². The van der Waals surface area contributed by atoms with Gasteiger partial charge in [-0.3, -0.25) is 4.79 Å². The fourth-order valence-corrected chi connectivity index (χ4v) is 3.42. The van der Waals surface area contributed by atoms with Gasteiger partial charge in [0, 0.05) is 29.7 Å². The van der Waals surface area contributed by atoms with E-state index in [1.807, 2.05) is 11.0 Å². The molecule has 0 aliphatic carbocycles. The average Bonchev–Trinajstić information content (AvgIpc) is 2.94. The first-order chi connectivity index (χ1) is 10.7. The van der Waals surface area contributed by atoms with Gasteiger partial charge in [0.2, 0.25) is 5.91 Å². The molecule has 0 spiro atoms. The zero-order valence-corrected chi connectivity index (χ0v) is 13.2. The van der Waals surface area contributed by atoms with E-state index in [9.17, 15) is 4.79 Å². The number of carbonyl (C=O) groups excluding carboxylic acids is 1. The summed E-state index contributed by atoms with van der Waals surface area (Å²) in [6, 6.07) is 8.25. The van der Waals surface area contributed by atoms with E-state index in [1.54, 1.807) is 0 Å². The highest BCUT2D eigenvalue weighted by molar-refractivity contribution is 5.84. The fraction of sp³-hybridized carbons (Fsp3) is 0.500. The number of carbonyl (C=O) groups is 1. The van der Waals surface area contributed by atoms with Gasteiger partial charge in [-0.05, 0) is 37.8 Å². The lowest BCUT2D eigenvalue weighted by atomic mass is 9.99. The van der Waals surface area contributed by atoms with Crippen LogP contribution in [0, 0.1) is 0 Å². The number of likely N-dealkylation sites (tertiary alicyclic amines) is 1. The summed E-state index contributed by atoms with van der Waals surface area (Å²) in [5.74, 6) is 0.118. The highest BCUT2D eigenvalue weighted by atomic mass is 16.2. The molecule has 2 aromatic rings. The summed E-state index contributed by atoms with van der Waals surface area (Å²) in [4.78, 5) is 17.8. The standard InChI is InChI=1S/C18H25N3O/c1-13-6-2-4-8-16(19)18(22)21(13)11-10-14-12-20-17-9-5-3-7-15(14)17/h3,5,7,9,12-13,16,20H,2,4,6,8,10-11,19H2,1H3. The number of amides is 1. The third kappa shape index (κ3) is 3.02. The van der Waals surface area contributed by atoms with Crippen LogP contribution in [0.5, 0.6) is 0 Å². The van der Waals surface area contributed by atoms with E-state index >= 15 is 0 Å². The molecule has 0 radical (unpaired) electrons. The Balaban J connectivity index is 1.74. The number of nitrogens with zero attached hydrogens (tertiary/aromatic N) is 1. The van der Waals surface area contributed by atoms with Crippen molar-refractivity contribution in [2.24, 2.45) is 5.73 Å². The van der Waals surface area contributed by atoms with Crippen molar-refractivity contribution in [2.45, 2.75) is 51.1 Å². The van der Waals surface area contributed by atoms with Crippen molar-refractivity contribution in [3.63, 3.8) is 0 Å².